The van der Waals surface area contributed by atoms with E-state index in [1.54, 1.807) is 0 Å². The van der Waals surface area contributed by atoms with Gasteiger partial charge in [0.2, 0.25) is 0 Å². The van der Waals surface area contributed by atoms with Gasteiger partial charge < -0.3 is 5.32 Å². The molecule has 1 aromatic rings. The summed E-state index contributed by atoms with van der Waals surface area (Å²) in [5, 5.41) is 3.69. The van der Waals surface area contributed by atoms with Gasteiger partial charge in [0, 0.05) is 6.04 Å². The van der Waals surface area contributed by atoms with Crippen molar-refractivity contribution in [3.8, 4) is 0 Å². The van der Waals surface area contributed by atoms with Gasteiger partial charge in [-0.3, -0.25) is 0 Å². The Balaban J connectivity index is 2.51. The molecule has 1 aromatic carbocycles. The highest BCUT2D eigenvalue weighted by Crippen LogP contribution is 2.26. The van der Waals surface area contributed by atoms with E-state index in [2.05, 4.69) is 63.3 Å². The highest BCUT2D eigenvalue weighted by atomic mass is 14.9. The van der Waals surface area contributed by atoms with Crippen LogP contribution in [0.1, 0.15) is 64.9 Å². The molecule has 19 heavy (non-hydrogen) atoms. The highest BCUT2D eigenvalue weighted by Gasteiger charge is 2.13. The minimum atomic E-state index is 0.690. The third kappa shape index (κ3) is 6.24. The fourth-order valence-electron chi connectivity index (χ4n) is 2.75. The maximum atomic E-state index is 3.69. The van der Waals surface area contributed by atoms with Gasteiger partial charge in [-0.05, 0) is 49.6 Å². The summed E-state index contributed by atoms with van der Waals surface area (Å²) in [6.45, 7) is 10.3. The van der Waals surface area contributed by atoms with E-state index in [0.717, 1.165) is 12.5 Å². The summed E-state index contributed by atoms with van der Waals surface area (Å²) in [6.07, 6.45) is 5.00. The number of benzene rings is 1. The molecule has 0 bridgehead atoms. The van der Waals surface area contributed by atoms with Crippen molar-refractivity contribution in [3.63, 3.8) is 0 Å². The minimum Gasteiger partial charge on any atom is -0.314 e. The van der Waals surface area contributed by atoms with Crippen LogP contribution >= 0.6 is 0 Å². The number of nitrogens with one attached hydrogen (secondary N) is 1. The summed E-state index contributed by atoms with van der Waals surface area (Å²) >= 11 is 0. The van der Waals surface area contributed by atoms with E-state index in [0.29, 0.717) is 12.0 Å². The monoisotopic (exact) mass is 261 g/mol. The first-order chi connectivity index (χ1) is 9.17. The average molecular weight is 261 g/mol. The van der Waals surface area contributed by atoms with Gasteiger partial charge in [0.15, 0.2) is 0 Å². The Labute approximate surface area is 119 Å². The molecule has 108 valence electrons. The van der Waals surface area contributed by atoms with Crippen molar-refractivity contribution in [1.82, 2.24) is 5.32 Å². The Morgan fingerprint density at radius 3 is 2.16 bits per heavy atom. The van der Waals surface area contributed by atoms with Crippen LogP contribution in [0.4, 0.5) is 0 Å². The Morgan fingerprint density at radius 2 is 1.63 bits per heavy atom. The zero-order valence-corrected chi connectivity index (χ0v) is 13.2. The van der Waals surface area contributed by atoms with Crippen LogP contribution in [0.2, 0.25) is 0 Å². The van der Waals surface area contributed by atoms with E-state index in [1.807, 2.05) is 0 Å². The van der Waals surface area contributed by atoms with Gasteiger partial charge in [-0.1, -0.05) is 58.0 Å². The van der Waals surface area contributed by atoms with Gasteiger partial charge in [0.25, 0.3) is 0 Å². The van der Waals surface area contributed by atoms with Crippen LogP contribution in [0.15, 0.2) is 30.3 Å². The predicted octanol–water partition coefficient (Wildman–Crippen LogP) is 4.98. The zero-order valence-electron chi connectivity index (χ0n) is 13.2. The molecule has 1 atom stereocenters. The first kappa shape index (κ1) is 16.2. The second-order valence-corrected chi connectivity index (χ2v) is 5.99. The summed E-state index contributed by atoms with van der Waals surface area (Å²) < 4.78 is 0. The maximum Gasteiger partial charge on any atom is 0.00618 e. The van der Waals surface area contributed by atoms with Crippen molar-refractivity contribution in [1.29, 1.82) is 0 Å². The van der Waals surface area contributed by atoms with E-state index in [-0.39, 0.29) is 0 Å². The van der Waals surface area contributed by atoms with Crippen LogP contribution in [0, 0.1) is 5.92 Å². The fourth-order valence-corrected chi connectivity index (χ4v) is 2.75. The Bertz CT molecular complexity index is 314. The van der Waals surface area contributed by atoms with E-state index >= 15 is 0 Å². The number of hydrogen-bond acceptors (Lipinski definition) is 1. The average Bonchev–Trinajstić information content (AvgIpc) is 2.43. The lowest BCUT2D eigenvalue weighted by Crippen LogP contribution is -2.29. The Kier molecular flexibility index (Phi) is 7.81. The molecule has 0 radical (unpaired) electrons. The van der Waals surface area contributed by atoms with Gasteiger partial charge >= 0.3 is 0 Å². The molecule has 1 N–H and O–H groups in total. The Morgan fingerprint density at radius 1 is 1.00 bits per heavy atom. The van der Waals surface area contributed by atoms with Crippen LogP contribution in [0.3, 0.4) is 0 Å². The molecule has 1 nitrogen and oxygen atoms in total. The molecule has 1 heteroatoms. The molecule has 0 aliphatic rings. The smallest absolute Gasteiger partial charge is 0.00618 e. The van der Waals surface area contributed by atoms with Crippen LogP contribution in [-0.4, -0.2) is 12.6 Å². The molecule has 1 unspecified atom stereocenters. The predicted molar refractivity (Wildman–Crippen MR) is 85.6 cm³/mol. The topological polar surface area (TPSA) is 12.0 Å². The molecule has 0 spiro atoms. The van der Waals surface area contributed by atoms with Gasteiger partial charge in [-0.25, -0.2) is 0 Å². The number of hydrogen-bond donors (Lipinski definition) is 1. The fraction of sp³-hybridized carbons (Fsp3) is 0.667. The summed E-state index contributed by atoms with van der Waals surface area (Å²) in [7, 11) is 0. The Hall–Kier alpha value is -0.820. The lowest BCUT2D eigenvalue weighted by molar-refractivity contribution is 0.427. The van der Waals surface area contributed by atoms with Crippen molar-refractivity contribution in [2.75, 3.05) is 6.54 Å². The maximum absolute atomic E-state index is 3.69. The van der Waals surface area contributed by atoms with E-state index in [1.165, 1.54) is 31.2 Å². The van der Waals surface area contributed by atoms with Crippen molar-refractivity contribution >= 4 is 0 Å². The molecule has 0 heterocycles. The largest absolute Gasteiger partial charge is 0.314 e. The van der Waals surface area contributed by atoms with Crippen molar-refractivity contribution in [2.45, 2.75) is 65.3 Å². The molecular weight excluding hydrogens is 230 g/mol. The third-order valence-corrected chi connectivity index (χ3v) is 3.94. The van der Waals surface area contributed by atoms with E-state index in [9.17, 15) is 0 Å². The molecule has 1 rings (SSSR count). The van der Waals surface area contributed by atoms with Gasteiger partial charge in [-0.2, -0.15) is 0 Å². The first-order valence-corrected chi connectivity index (χ1v) is 7.95. The van der Waals surface area contributed by atoms with E-state index in [4.69, 9.17) is 0 Å². The van der Waals surface area contributed by atoms with Crippen LogP contribution in [-0.2, 0) is 0 Å². The summed E-state index contributed by atoms with van der Waals surface area (Å²) in [5.74, 6) is 1.46. The summed E-state index contributed by atoms with van der Waals surface area (Å²) in [4.78, 5) is 0. The SMILES string of the molecule is CCC(CC)NCCC(CC(C)C)c1ccccc1. The second kappa shape index (κ2) is 9.14. The molecule has 0 fully saturated rings. The van der Waals surface area contributed by atoms with Gasteiger partial charge in [0.05, 0.1) is 0 Å². The third-order valence-electron chi connectivity index (χ3n) is 3.94. The van der Waals surface area contributed by atoms with Crippen LogP contribution in [0.25, 0.3) is 0 Å². The van der Waals surface area contributed by atoms with Crippen LogP contribution in [0.5, 0.6) is 0 Å². The lowest BCUT2D eigenvalue weighted by atomic mass is 9.88. The molecule has 0 amide bonds. The zero-order chi connectivity index (χ0) is 14.1. The van der Waals surface area contributed by atoms with Gasteiger partial charge in [-0.15, -0.1) is 0 Å². The summed E-state index contributed by atoms with van der Waals surface area (Å²) in [5.41, 5.74) is 1.50. The molecule has 0 aliphatic carbocycles. The first-order valence-electron chi connectivity index (χ1n) is 7.95. The second-order valence-electron chi connectivity index (χ2n) is 5.99. The van der Waals surface area contributed by atoms with Crippen molar-refractivity contribution in [2.24, 2.45) is 5.92 Å². The quantitative estimate of drug-likeness (QED) is 0.660. The summed E-state index contributed by atoms with van der Waals surface area (Å²) in [6, 6.07) is 11.7. The van der Waals surface area contributed by atoms with Gasteiger partial charge in [0.1, 0.15) is 0 Å². The number of rotatable bonds is 9. The molecule has 0 aliphatic heterocycles. The van der Waals surface area contributed by atoms with Crippen molar-refractivity contribution in [3.05, 3.63) is 35.9 Å². The normalized spacial score (nSPS) is 13.2. The lowest BCUT2D eigenvalue weighted by Gasteiger charge is -2.22. The molecule has 0 saturated carbocycles. The van der Waals surface area contributed by atoms with Crippen molar-refractivity contribution < 1.29 is 0 Å². The molecule has 0 aromatic heterocycles. The highest BCUT2D eigenvalue weighted by molar-refractivity contribution is 5.19. The molecule has 0 saturated heterocycles. The van der Waals surface area contributed by atoms with E-state index < -0.39 is 0 Å². The minimum absolute atomic E-state index is 0.690. The standard InChI is InChI=1S/C18H31N/c1-5-18(6-2)19-13-12-17(14-15(3)4)16-10-8-7-9-11-16/h7-11,15,17-19H,5-6,12-14H2,1-4H3. The van der Waals surface area contributed by atoms with Crippen LogP contribution < -0.4 is 5.32 Å². The molecular formula is C18H31N.